The Morgan fingerprint density at radius 2 is 1.58 bits per heavy atom. The first kappa shape index (κ1) is 23.4. The van der Waals surface area contributed by atoms with Gasteiger partial charge in [-0.2, -0.15) is 4.31 Å². The third-order valence-corrected chi connectivity index (χ3v) is 7.47. The predicted molar refractivity (Wildman–Crippen MR) is 120 cm³/mol. The Labute approximate surface area is 191 Å². The van der Waals surface area contributed by atoms with Gasteiger partial charge in [0, 0.05) is 43.3 Å². The number of carbonyl (C=O) groups is 1. The fourth-order valence-electron chi connectivity index (χ4n) is 3.16. The summed E-state index contributed by atoms with van der Waals surface area (Å²) >= 11 is 12.0. The van der Waals surface area contributed by atoms with Crippen molar-refractivity contribution in [3.63, 3.8) is 0 Å². The first-order chi connectivity index (χ1) is 14.7. The largest absolute Gasteiger partial charge is 0.497 e. The molecule has 2 aromatic rings. The average molecular weight is 485 g/mol. The molecule has 0 aromatic heterocycles. The van der Waals surface area contributed by atoms with Crippen LogP contribution in [0.4, 0.5) is 0 Å². The van der Waals surface area contributed by atoms with Crippen molar-refractivity contribution in [2.45, 2.75) is 4.90 Å². The molecule has 0 spiro atoms. The molecule has 1 heterocycles. The summed E-state index contributed by atoms with van der Waals surface area (Å²) < 4.78 is 37.6. The Hall–Kier alpha value is -2.26. The van der Waals surface area contributed by atoms with E-state index < -0.39 is 10.0 Å². The quantitative estimate of drug-likeness (QED) is 0.585. The van der Waals surface area contributed by atoms with E-state index >= 15 is 0 Å². The van der Waals surface area contributed by atoms with Gasteiger partial charge in [0.2, 0.25) is 15.9 Å². The lowest BCUT2D eigenvalue weighted by molar-refractivity contribution is -0.127. The van der Waals surface area contributed by atoms with Crippen LogP contribution in [0.2, 0.25) is 10.0 Å². The summed E-state index contributed by atoms with van der Waals surface area (Å²) in [5.41, 5.74) is 0.751. The van der Waals surface area contributed by atoms with E-state index in [0.29, 0.717) is 11.5 Å². The number of piperazine rings is 1. The highest BCUT2D eigenvalue weighted by molar-refractivity contribution is 7.89. The van der Waals surface area contributed by atoms with Gasteiger partial charge < -0.3 is 14.4 Å². The van der Waals surface area contributed by atoms with Crippen molar-refractivity contribution in [1.82, 2.24) is 9.21 Å². The molecule has 10 heteroatoms. The summed E-state index contributed by atoms with van der Waals surface area (Å²) in [4.78, 5) is 14.1. The van der Waals surface area contributed by atoms with E-state index in [1.807, 2.05) is 0 Å². The van der Waals surface area contributed by atoms with Gasteiger partial charge in [-0.05, 0) is 42.0 Å². The van der Waals surface area contributed by atoms with E-state index in [9.17, 15) is 13.2 Å². The van der Waals surface area contributed by atoms with Crippen LogP contribution in [-0.2, 0) is 14.8 Å². The molecule has 7 nitrogen and oxygen atoms in total. The highest BCUT2D eigenvalue weighted by atomic mass is 35.5. The molecule has 0 aliphatic carbocycles. The molecule has 1 fully saturated rings. The molecule has 3 rings (SSSR count). The number of sulfonamides is 1. The molecule has 1 amide bonds. The van der Waals surface area contributed by atoms with Crippen molar-refractivity contribution in [3.05, 3.63) is 58.1 Å². The van der Waals surface area contributed by atoms with E-state index in [2.05, 4.69) is 0 Å². The minimum atomic E-state index is -3.80. The molecule has 0 N–H and O–H groups in total. The summed E-state index contributed by atoms with van der Waals surface area (Å²) in [6.45, 7) is 0.861. The minimum absolute atomic E-state index is 0.0340. The molecule has 0 saturated carbocycles. The molecule has 0 radical (unpaired) electrons. The number of hydrogen-bond acceptors (Lipinski definition) is 5. The molecule has 166 valence electrons. The lowest BCUT2D eigenvalue weighted by atomic mass is 10.2. The van der Waals surface area contributed by atoms with Gasteiger partial charge in [0.25, 0.3) is 0 Å². The van der Waals surface area contributed by atoms with Gasteiger partial charge in [-0.3, -0.25) is 4.79 Å². The number of rotatable bonds is 6. The van der Waals surface area contributed by atoms with Crippen LogP contribution in [0.25, 0.3) is 6.08 Å². The summed E-state index contributed by atoms with van der Waals surface area (Å²) in [5, 5.41) is 0.399. The van der Waals surface area contributed by atoms with Crippen LogP contribution in [-0.4, -0.2) is 63.9 Å². The van der Waals surface area contributed by atoms with E-state index in [-0.39, 0.29) is 47.0 Å². The van der Waals surface area contributed by atoms with Crippen LogP contribution in [0.15, 0.2) is 47.4 Å². The number of benzene rings is 2. The molecule has 0 atom stereocenters. The number of amides is 1. The maximum absolute atomic E-state index is 12.9. The number of methoxy groups -OCH3 is 2. The van der Waals surface area contributed by atoms with Crippen LogP contribution in [0, 0.1) is 0 Å². The highest BCUT2D eigenvalue weighted by Crippen LogP contribution is 2.28. The number of carbonyl (C=O) groups excluding carboxylic acids is 1. The SMILES string of the molecule is COc1cc(/C=C/C(=O)N2CCN(S(=O)(=O)c3cc(Cl)ccc3Cl)CC2)cc(OC)c1. The molecule has 31 heavy (non-hydrogen) atoms. The maximum atomic E-state index is 12.9. The van der Waals surface area contributed by atoms with Crippen molar-refractivity contribution in [3.8, 4) is 11.5 Å². The van der Waals surface area contributed by atoms with Gasteiger partial charge >= 0.3 is 0 Å². The van der Waals surface area contributed by atoms with E-state index in [1.54, 1.807) is 43.4 Å². The van der Waals surface area contributed by atoms with Gasteiger partial charge in [0.05, 0.1) is 19.2 Å². The van der Waals surface area contributed by atoms with Crippen molar-refractivity contribution in [1.29, 1.82) is 0 Å². The maximum Gasteiger partial charge on any atom is 0.246 e. The predicted octanol–water partition coefficient (Wildman–Crippen LogP) is 3.56. The zero-order valence-electron chi connectivity index (χ0n) is 17.0. The van der Waals surface area contributed by atoms with E-state index in [0.717, 1.165) is 5.56 Å². The third kappa shape index (κ3) is 5.51. The van der Waals surface area contributed by atoms with Crippen molar-refractivity contribution in [2.24, 2.45) is 0 Å². The Kier molecular flexibility index (Phi) is 7.48. The van der Waals surface area contributed by atoms with Crippen LogP contribution in [0.3, 0.4) is 0 Å². The van der Waals surface area contributed by atoms with E-state index in [4.69, 9.17) is 32.7 Å². The molecule has 2 aromatic carbocycles. The van der Waals surface area contributed by atoms with Crippen LogP contribution in [0.5, 0.6) is 11.5 Å². The normalized spacial score (nSPS) is 15.3. The molecule has 1 saturated heterocycles. The number of hydrogen-bond donors (Lipinski definition) is 0. The molecule has 1 aliphatic rings. The first-order valence-corrected chi connectivity index (χ1v) is 11.6. The van der Waals surface area contributed by atoms with Crippen LogP contribution >= 0.6 is 23.2 Å². The monoisotopic (exact) mass is 484 g/mol. The topological polar surface area (TPSA) is 76.2 Å². The smallest absolute Gasteiger partial charge is 0.246 e. The number of ether oxygens (including phenoxy) is 2. The summed E-state index contributed by atoms with van der Waals surface area (Å²) in [5.74, 6) is 1.02. The Bertz CT molecular complexity index is 1070. The number of halogens is 2. The van der Waals surface area contributed by atoms with Gasteiger partial charge in [0.1, 0.15) is 16.4 Å². The highest BCUT2D eigenvalue weighted by Gasteiger charge is 2.31. The number of nitrogens with zero attached hydrogens (tertiary/aromatic N) is 2. The van der Waals surface area contributed by atoms with Gasteiger partial charge in [-0.15, -0.1) is 0 Å². The second-order valence-electron chi connectivity index (χ2n) is 6.78. The zero-order chi connectivity index (χ0) is 22.6. The fraction of sp³-hybridized carbons (Fsp3) is 0.286. The Balaban J connectivity index is 1.66. The lowest BCUT2D eigenvalue weighted by Gasteiger charge is -2.33. The average Bonchev–Trinajstić information content (AvgIpc) is 2.78. The second kappa shape index (κ2) is 9.91. The summed E-state index contributed by atoms with van der Waals surface area (Å²) in [6.07, 6.45) is 3.12. The summed E-state index contributed by atoms with van der Waals surface area (Å²) in [7, 11) is -0.696. The van der Waals surface area contributed by atoms with Crippen molar-refractivity contribution >= 4 is 45.2 Å². The molecule has 0 bridgehead atoms. The van der Waals surface area contributed by atoms with Gasteiger partial charge in [0.15, 0.2) is 0 Å². The first-order valence-electron chi connectivity index (χ1n) is 9.40. The minimum Gasteiger partial charge on any atom is -0.497 e. The van der Waals surface area contributed by atoms with Crippen molar-refractivity contribution < 1.29 is 22.7 Å². The van der Waals surface area contributed by atoms with Gasteiger partial charge in [-0.25, -0.2) is 8.42 Å². The molecule has 0 unspecified atom stereocenters. The fourth-order valence-corrected chi connectivity index (χ4v) is 5.32. The van der Waals surface area contributed by atoms with Crippen LogP contribution < -0.4 is 9.47 Å². The Morgan fingerprint density at radius 1 is 0.968 bits per heavy atom. The van der Waals surface area contributed by atoms with Gasteiger partial charge in [-0.1, -0.05) is 23.2 Å². The molecular formula is C21H22Cl2N2O5S. The van der Waals surface area contributed by atoms with Crippen LogP contribution in [0.1, 0.15) is 5.56 Å². The third-order valence-electron chi connectivity index (χ3n) is 4.85. The standard InChI is InChI=1S/C21H22Cl2N2O5S/c1-29-17-11-15(12-18(14-17)30-2)3-6-21(26)24-7-9-25(10-8-24)31(27,28)20-13-16(22)4-5-19(20)23/h3-6,11-14H,7-10H2,1-2H3/b6-3+. The second-order valence-corrected chi connectivity index (χ2v) is 9.53. The molecular weight excluding hydrogens is 463 g/mol. The molecule has 1 aliphatic heterocycles. The zero-order valence-corrected chi connectivity index (χ0v) is 19.4. The lowest BCUT2D eigenvalue weighted by Crippen LogP contribution is -2.50. The van der Waals surface area contributed by atoms with E-state index in [1.165, 1.54) is 28.6 Å². The van der Waals surface area contributed by atoms with Crippen molar-refractivity contribution in [2.75, 3.05) is 40.4 Å². The summed E-state index contributed by atoms with van der Waals surface area (Å²) in [6, 6.07) is 9.63. The Morgan fingerprint density at radius 3 is 2.16 bits per heavy atom.